The minimum absolute atomic E-state index is 0.0395. The number of hydrogen-bond donors (Lipinski definition) is 2. The van der Waals surface area contributed by atoms with Crippen LogP contribution < -0.4 is 10.0 Å². The first kappa shape index (κ1) is 16.7. The van der Waals surface area contributed by atoms with Gasteiger partial charge in [-0.15, -0.1) is 0 Å². The number of carbonyl (C=O) groups excluding carboxylic acids is 1. The zero-order valence-corrected chi connectivity index (χ0v) is 14.9. The van der Waals surface area contributed by atoms with Gasteiger partial charge in [0.05, 0.1) is 5.69 Å². The number of rotatable bonds is 4. The van der Waals surface area contributed by atoms with Gasteiger partial charge in [-0.3, -0.25) is 9.52 Å². The van der Waals surface area contributed by atoms with Crippen LogP contribution in [0.4, 0.5) is 5.69 Å². The molecule has 2 aromatic carbocycles. The van der Waals surface area contributed by atoms with Crippen molar-refractivity contribution in [3.05, 3.63) is 58.6 Å². The monoisotopic (exact) mass is 407 g/mol. The van der Waals surface area contributed by atoms with Crippen LogP contribution in [0, 0.1) is 0 Å². The summed E-state index contributed by atoms with van der Waals surface area (Å²) in [7, 11) is -3.81. The molecule has 0 spiro atoms. The van der Waals surface area contributed by atoms with Crippen LogP contribution in [0.5, 0.6) is 0 Å². The van der Waals surface area contributed by atoms with Crippen molar-refractivity contribution in [1.29, 1.82) is 0 Å². The van der Waals surface area contributed by atoms with Gasteiger partial charge in [0, 0.05) is 11.0 Å². The predicted octanol–water partition coefficient (Wildman–Crippen LogP) is 2.13. The fourth-order valence-electron chi connectivity index (χ4n) is 2.27. The number of nitrogens with zero attached hydrogens (tertiary/aromatic N) is 1. The second-order valence-electron chi connectivity index (χ2n) is 5.17. The Kier molecular flexibility index (Phi) is 4.68. The smallest absolute Gasteiger partial charge is 0.287 e. The van der Waals surface area contributed by atoms with Crippen LogP contribution >= 0.6 is 15.9 Å². The molecule has 0 saturated carbocycles. The summed E-state index contributed by atoms with van der Waals surface area (Å²) in [6, 6.07) is 14.4. The standard InChI is InChI=1S/C16H14BrN3O3S/c17-12-6-7-13-14(10-12)24(22,23)20-15(19-13)16(21)18-9-8-11-4-2-1-3-5-11/h1-7,10H,8-9H2,(H,18,21)(H,19,20). The van der Waals surface area contributed by atoms with Gasteiger partial charge < -0.3 is 5.32 Å². The fourth-order valence-corrected chi connectivity index (χ4v) is 3.95. The second-order valence-corrected chi connectivity index (χ2v) is 7.74. The highest BCUT2D eigenvalue weighted by Gasteiger charge is 2.28. The molecule has 0 radical (unpaired) electrons. The van der Waals surface area contributed by atoms with E-state index in [2.05, 4.69) is 31.0 Å². The first-order valence-corrected chi connectivity index (χ1v) is 9.46. The van der Waals surface area contributed by atoms with Crippen molar-refractivity contribution in [2.24, 2.45) is 4.99 Å². The van der Waals surface area contributed by atoms with Gasteiger partial charge in [0.15, 0.2) is 0 Å². The zero-order valence-electron chi connectivity index (χ0n) is 12.5. The Balaban J connectivity index is 1.73. The molecular weight excluding hydrogens is 394 g/mol. The van der Waals surface area contributed by atoms with E-state index in [-0.39, 0.29) is 16.4 Å². The van der Waals surface area contributed by atoms with E-state index in [4.69, 9.17) is 0 Å². The van der Waals surface area contributed by atoms with Gasteiger partial charge in [-0.2, -0.15) is 0 Å². The van der Waals surface area contributed by atoms with E-state index in [0.29, 0.717) is 17.4 Å². The molecule has 3 rings (SSSR count). The lowest BCUT2D eigenvalue weighted by molar-refractivity contribution is -0.114. The molecule has 1 aliphatic rings. The molecule has 0 atom stereocenters. The van der Waals surface area contributed by atoms with Crippen molar-refractivity contribution in [2.75, 3.05) is 6.54 Å². The number of benzene rings is 2. The zero-order chi connectivity index (χ0) is 17.2. The van der Waals surface area contributed by atoms with Gasteiger partial charge in [0.2, 0.25) is 5.84 Å². The van der Waals surface area contributed by atoms with E-state index < -0.39 is 15.9 Å². The van der Waals surface area contributed by atoms with E-state index >= 15 is 0 Å². The van der Waals surface area contributed by atoms with Crippen molar-refractivity contribution in [3.63, 3.8) is 0 Å². The van der Waals surface area contributed by atoms with Crippen molar-refractivity contribution >= 4 is 43.4 Å². The van der Waals surface area contributed by atoms with Gasteiger partial charge in [-0.1, -0.05) is 46.3 Å². The molecule has 0 aromatic heterocycles. The minimum atomic E-state index is -3.81. The Morgan fingerprint density at radius 2 is 1.92 bits per heavy atom. The molecule has 2 N–H and O–H groups in total. The largest absolute Gasteiger partial charge is 0.349 e. The molecule has 0 unspecified atom stereocenters. The second kappa shape index (κ2) is 6.74. The van der Waals surface area contributed by atoms with Crippen molar-refractivity contribution < 1.29 is 13.2 Å². The number of hydrogen-bond acceptors (Lipinski definition) is 4. The molecule has 0 aliphatic carbocycles. The lowest BCUT2D eigenvalue weighted by atomic mass is 10.1. The number of nitrogens with one attached hydrogen (secondary N) is 2. The maximum Gasteiger partial charge on any atom is 0.287 e. The Hall–Kier alpha value is -2.19. The average molecular weight is 408 g/mol. The van der Waals surface area contributed by atoms with Crippen molar-refractivity contribution in [3.8, 4) is 0 Å². The summed E-state index contributed by atoms with van der Waals surface area (Å²) in [6.07, 6.45) is 0.649. The first-order chi connectivity index (χ1) is 11.5. The van der Waals surface area contributed by atoms with Crippen LogP contribution in [-0.2, 0) is 21.2 Å². The topological polar surface area (TPSA) is 87.6 Å². The molecule has 124 valence electrons. The van der Waals surface area contributed by atoms with Gasteiger partial charge >= 0.3 is 0 Å². The lowest BCUT2D eigenvalue weighted by Crippen LogP contribution is -2.44. The summed E-state index contributed by atoms with van der Waals surface area (Å²) in [6.45, 7) is 0.386. The Bertz CT molecular complexity index is 911. The van der Waals surface area contributed by atoms with Crippen LogP contribution in [0.15, 0.2) is 62.9 Å². The third-order valence-corrected chi connectivity index (χ3v) is 5.29. The highest BCUT2D eigenvalue weighted by Crippen LogP contribution is 2.30. The first-order valence-electron chi connectivity index (χ1n) is 7.19. The summed E-state index contributed by atoms with van der Waals surface area (Å²) in [5.74, 6) is -0.777. The molecular formula is C16H14BrN3O3S. The SMILES string of the molecule is O=C(NCCc1ccccc1)C1=Nc2ccc(Br)cc2S(=O)(=O)N1. The van der Waals surface area contributed by atoms with Crippen LogP contribution in [0.25, 0.3) is 0 Å². The fraction of sp³-hybridized carbons (Fsp3) is 0.125. The number of carbonyl (C=O) groups is 1. The summed E-state index contributed by atoms with van der Waals surface area (Å²) < 4.78 is 27.3. The molecule has 1 heterocycles. The molecule has 2 aromatic rings. The molecule has 1 aliphatic heterocycles. The molecule has 1 amide bonds. The van der Waals surface area contributed by atoms with Gasteiger partial charge in [-0.05, 0) is 30.2 Å². The average Bonchev–Trinajstić information content (AvgIpc) is 2.56. The molecule has 0 bridgehead atoms. The molecule has 6 nitrogen and oxygen atoms in total. The normalized spacial score (nSPS) is 15.0. The van der Waals surface area contributed by atoms with E-state index in [9.17, 15) is 13.2 Å². The molecule has 0 fully saturated rings. The number of amides is 1. The Labute approximate surface area is 148 Å². The number of aliphatic imine (C=N–C) groups is 1. The predicted molar refractivity (Wildman–Crippen MR) is 94.7 cm³/mol. The number of fused-ring (bicyclic) bond motifs is 1. The summed E-state index contributed by atoms with van der Waals surface area (Å²) in [4.78, 5) is 16.3. The lowest BCUT2D eigenvalue weighted by Gasteiger charge is -2.17. The van der Waals surface area contributed by atoms with Crippen molar-refractivity contribution in [1.82, 2.24) is 10.0 Å². The number of amidine groups is 1. The third kappa shape index (κ3) is 3.65. The summed E-state index contributed by atoms with van der Waals surface area (Å²) in [5.41, 5.74) is 1.32. The van der Waals surface area contributed by atoms with Crippen molar-refractivity contribution in [2.45, 2.75) is 11.3 Å². The van der Waals surface area contributed by atoms with Gasteiger partial charge in [0.25, 0.3) is 15.9 Å². The van der Waals surface area contributed by atoms with E-state index in [1.807, 2.05) is 30.3 Å². The highest BCUT2D eigenvalue weighted by atomic mass is 79.9. The van der Waals surface area contributed by atoms with E-state index in [0.717, 1.165) is 5.56 Å². The quantitative estimate of drug-likeness (QED) is 0.813. The van der Waals surface area contributed by atoms with E-state index in [1.54, 1.807) is 12.1 Å². The molecule has 8 heteroatoms. The van der Waals surface area contributed by atoms with Gasteiger partial charge in [0.1, 0.15) is 4.90 Å². The van der Waals surface area contributed by atoms with Crippen LogP contribution in [0.1, 0.15) is 5.56 Å². The minimum Gasteiger partial charge on any atom is -0.349 e. The summed E-state index contributed by atoms with van der Waals surface area (Å²) >= 11 is 3.22. The maximum atomic E-state index is 12.2. The number of halogens is 1. The molecule has 0 saturated heterocycles. The molecule has 24 heavy (non-hydrogen) atoms. The highest BCUT2D eigenvalue weighted by molar-refractivity contribution is 9.10. The van der Waals surface area contributed by atoms with Gasteiger partial charge in [-0.25, -0.2) is 13.4 Å². The third-order valence-electron chi connectivity index (χ3n) is 3.43. The van der Waals surface area contributed by atoms with Crippen LogP contribution in [0.3, 0.4) is 0 Å². The summed E-state index contributed by atoms with van der Waals surface area (Å²) in [5, 5.41) is 2.67. The maximum absolute atomic E-state index is 12.2. The van der Waals surface area contributed by atoms with E-state index in [1.165, 1.54) is 6.07 Å². The number of sulfonamides is 1. The van der Waals surface area contributed by atoms with Crippen LogP contribution in [-0.4, -0.2) is 26.7 Å². The van der Waals surface area contributed by atoms with Crippen LogP contribution in [0.2, 0.25) is 0 Å². The Morgan fingerprint density at radius 3 is 2.67 bits per heavy atom. The Morgan fingerprint density at radius 1 is 1.17 bits per heavy atom.